The highest BCUT2D eigenvalue weighted by molar-refractivity contribution is 5.45. The normalized spacial score (nSPS) is 15.1. The van der Waals surface area contributed by atoms with Crippen LogP contribution < -0.4 is 0 Å². The van der Waals surface area contributed by atoms with Gasteiger partial charge < -0.3 is 10.2 Å². The van der Waals surface area contributed by atoms with Crippen molar-refractivity contribution >= 4 is 0 Å². The average molecular weight is 438 g/mol. The molecule has 0 atom stereocenters. The van der Waals surface area contributed by atoms with Crippen LogP contribution in [0.15, 0.2) is 12.1 Å². The molecule has 1 rings (SSSR count). The fraction of sp³-hybridized carbons (Fsp3) is 0.571. The predicted molar refractivity (Wildman–Crippen MR) is 67.9 cm³/mol. The van der Waals surface area contributed by atoms with E-state index >= 15 is 0 Å². The van der Waals surface area contributed by atoms with E-state index in [1.807, 2.05) is 0 Å². The zero-order chi connectivity index (χ0) is 22.7. The lowest BCUT2D eigenvalue weighted by atomic mass is 9.81. The van der Waals surface area contributed by atoms with Crippen LogP contribution in [0.4, 0.5) is 52.7 Å². The maximum atomic E-state index is 12.9. The highest BCUT2D eigenvalue weighted by Crippen LogP contribution is 2.54. The summed E-state index contributed by atoms with van der Waals surface area (Å²) in [6.07, 6.45) is -25.6. The van der Waals surface area contributed by atoms with Gasteiger partial charge in [0.2, 0.25) is 0 Å². The molecule has 162 valence electrons. The van der Waals surface area contributed by atoms with Gasteiger partial charge in [-0.1, -0.05) is 12.1 Å². The van der Waals surface area contributed by atoms with Crippen LogP contribution in [0.2, 0.25) is 0 Å². The van der Waals surface area contributed by atoms with Crippen LogP contribution >= 0.6 is 0 Å². The minimum absolute atomic E-state index is 0.325. The molecule has 0 saturated heterocycles. The van der Waals surface area contributed by atoms with Crippen LogP contribution in [0, 0.1) is 13.8 Å². The third kappa shape index (κ3) is 3.40. The van der Waals surface area contributed by atoms with Gasteiger partial charge in [-0.3, -0.25) is 0 Å². The molecule has 28 heavy (non-hydrogen) atoms. The Labute approximate surface area is 148 Å². The SMILES string of the molecule is Cc1cc(C(O)(C(F)(F)F)C(F)(F)F)c(C)cc1C(O)(C(F)(F)F)C(F)(F)F. The largest absolute Gasteiger partial charge is 0.430 e. The highest BCUT2D eigenvalue weighted by Gasteiger charge is 2.74. The van der Waals surface area contributed by atoms with Crippen LogP contribution in [0.5, 0.6) is 0 Å². The Bertz CT molecular complexity index is 647. The molecule has 0 fully saturated rings. The van der Waals surface area contributed by atoms with Crippen LogP contribution in [0.3, 0.4) is 0 Å². The van der Waals surface area contributed by atoms with Crippen LogP contribution in [0.1, 0.15) is 22.3 Å². The Morgan fingerprint density at radius 1 is 0.500 bits per heavy atom. The molecular formula is C14H10F12O2. The third-order valence-corrected chi connectivity index (χ3v) is 3.99. The van der Waals surface area contributed by atoms with Crippen molar-refractivity contribution in [2.24, 2.45) is 0 Å². The topological polar surface area (TPSA) is 40.5 Å². The molecule has 0 spiro atoms. The number of aliphatic hydroxyl groups is 2. The second-order valence-electron chi connectivity index (χ2n) is 5.89. The molecule has 0 aliphatic rings. The summed E-state index contributed by atoms with van der Waals surface area (Å²) in [7, 11) is 0. The molecule has 0 bridgehead atoms. The minimum atomic E-state index is -6.41. The summed E-state index contributed by atoms with van der Waals surface area (Å²) in [5.41, 5.74) is -18.0. The van der Waals surface area contributed by atoms with Crippen molar-refractivity contribution in [3.05, 3.63) is 34.4 Å². The van der Waals surface area contributed by atoms with Crippen molar-refractivity contribution in [3.63, 3.8) is 0 Å². The van der Waals surface area contributed by atoms with Gasteiger partial charge in [-0.25, -0.2) is 0 Å². The molecule has 0 radical (unpaired) electrons. The number of benzene rings is 1. The molecule has 0 heterocycles. The van der Waals surface area contributed by atoms with Crippen molar-refractivity contribution in [2.75, 3.05) is 0 Å². The number of halogens is 12. The third-order valence-electron chi connectivity index (χ3n) is 3.99. The molecule has 0 saturated carbocycles. The van der Waals surface area contributed by atoms with E-state index in [9.17, 15) is 62.9 Å². The lowest BCUT2D eigenvalue weighted by Gasteiger charge is -2.37. The van der Waals surface area contributed by atoms with E-state index < -0.39 is 58.2 Å². The quantitative estimate of drug-likeness (QED) is 0.644. The summed E-state index contributed by atoms with van der Waals surface area (Å²) in [6, 6.07) is -0.651. The number of alkyl halides is 12. The monoisotopic (exact) mass is 438 g/mol. The minimum Gasteiger partial charge on any atom is -0.369 e. The predicted octanol–water partition coefficient (Wildman–Crippen LogP) is 4.93. The van der Waals surface area contributed by atoms with Gasteiger partial charge in [-0.2, -0.15) is 52.7 Å². The van der Waals surface area contributed by atoms with Gasteiger partial charge in [0.05, 0.1) is 0 Å². The molecule has 0 aliphatic heterocycles. The number of hydrogen-bond acceptors (Lipinski definition) is 2. The van der Waals surface area contributed by atoms with Crippen LogP contribution in [0.25, 0.3) is 0 Å². The number of rotatable bonds is 2. The maximum Gasteiger partial charge on any atom is 0.430 e. The fourth-order valence-corrected chi connectivity index (χ4v) is 2.53. The molecule has 2 N–H and O–H groups in total. The molecule has 1 aromatic rings. The molecule has 1 aromatic carbocycles. The summed E-state index contributed by atoms with van der Waals surface area (Å²) in [5.74, 6) is 0. The average Bonchev–Trinajstić information content (AvgIpc) is 2.42. The summed E-state index contributed by atoms with van der Waals surface area (Å²) in [6.45, 7) is 0.655. The van der Waals surface area contributed by atoms with Gasteiger partial charge in [0, 0.05) is 11.1 Å². The van der Waals surface area contributed by atoms with Gasteiger partial charge in [0.1, 0.15) is 0 Å². The van der Waals surface area contributed by atoms with E-state index in [-0.39, 0.29) is 12.1 Å². The Hall–Kier alpha value is -1.70. The van der Waals surface area contributed by atoms with Crippen molar-refractivity contribution in [3.8, 4) is 0 Å². The zero-order valence-electron chi connectivity index (χ0n) is 13.6. The zero-order valence-corrected chi connectivity index (χ0v) is 13.6. The summed E-state index contributed by atoms with van der Waals surface area (Å²) in [5, 5.41) is 18.6. The summed E-state index contributed by atoms with van der Waals surface area (Å²) in [4.78, 5) is 0. The van der Waals surface area contributed by atoms with Crippen LogP contribution in [-0.4, -0.2) is 34.9 Å². The van der Waals surface area contributed by atoms with Gasteiger partial charge in [0.25, 0.3) is 11.2 Å². The second-order valence-corrected chi connectivity index (χ2v) is 5.89. The number of hydrogen-bond donors (Lipinski definition) is 2. The van der Waals surface area contributed by atoms with Gasteiger partial charge in [-0.15, -0.1) is 0 Å². The molecular weight excluding hydrogens is 428 g/mol. The molecule has 0 aromatic heterocycles. The fourth-order valence-electron chi connectivity index (χ4n) is 2.53. The van der Waals surface area contributed by atoms with E-state index in [2.05, 4.69) is 0 Å². The molecule has 14 heteroatoms. The van der Waals surface area contributed by atoms with Gasteiger partial charge in [0.15, 0.2) is 0 Å². The Morgan fingerprint density at radius 2 is 0.679 bits per heavy atom. The summed E-state index contributed by atoms with van der Waals surface area (Å²) < 4.78 is 155. The van der Waals surface area contributed by atoms with Gasteiger partial charge in [-0.05, 0) is 25.0 Å². The Kier molecular flexibility index (Phi) is 5.57. The first-order chi connectivity index (χ1) is 12.0. The van der Waals surface area contributed by atoms with Gasteiger partial charge >= 0.3 is 24.7 Å². The smallest absolute Gasteiger partial charge is 0.369 e. The Balaban J connectivity index is 3.94. The lowest BCUT2D eigenvalue weighted by molar-refractivity contribution is -0.378. The van der Waals surface area contributed by atoms with E-state index in [4.69, 9.17) is 0 Å². The van der Waals surface area contributed by atoms with E-state index in [0.29, 0.717) is 13.8 Å². The van der Waals surface area contributed by atoms with Crippen LogP contribution in [-0.2, 0) is 11.2 Å². The van der Waals surface area contributed by atoms with E-state index in [0.717, 1.165) is 0 Å². The molecule has 0 aliphatic carbocycles. The van der Waals surface area contributed by atoms with Crippen molar-refractivity contribution in [1.82, 2.24) is 0 Å². The van der Waals surface area contributed by atoms with Crippen molar-refractivity contribution in [2.45, 2.75) is 49.8 Å². The van der Waals surface area contributed by atoms with E-state index in [1.165, 1.54) is 0 Å². The summed E-state index contributed by atoms with van der Waals surface area (Å²) >= 11 is 0. The highest BCUT2D eigenvalue weighted by atomic mass is 19.4. The first-order valence-corrected chi connectivity index (χ1v) is 6.87. The van der Waals surface area contributed by atoms with Crippen molar-refractivity contribution < 1.29 is 62.9 Å². The number of aryl methyl sites for hydroxylation is 2. The van der Waals surface area contributed by atoms with E-state index in [1.54, 1.807) is 0 Å². The Morgan fingerprint density at radius 3 is 0.821 bits per heavy atom. The lowest BCUT2D eigenvalue weighted by Crippen LogP contribution is -2.55. The molecule has 0 unspecified atom stereocenters. The second kappa shape index (κ2) is 6.40. The standard InChI is InChI=1S/C14H10F12O2/c1-5-3-8(10(28,13(21,22)23)14(24,25)26)6(2)4-7(5)9(27,11(15,16)17)12(18,19)20/h3-4,27-28H,1-2H3. The first-order valence-electron chi connectivity index (χ1n) is 6.87. The molecule has 0 amide bonds. The first kappa shape index (κ1) is 24.3. The maximum absolute atomic E-state index is 12.9. The van der Waals surface area contributed by atoms with Crippen molar-refractivity contribution in [1.29, 1.82) is 0 Å². The molecule has 2 nitrogen and oxygen atoms in total.